The van der Waals surface area contributed by atoms with Crippen molar-refractivity contribution in [2.45, 2.75) is 206 Å². The van der Waals surface area contributed by atoms with E-state index in [0.29, 0.717) is 24.5 Å². The van der Waals surface area contributed by atoms with Gasteiger partial charge in [-0.25, -0.2) is 14.8 Å². The second kappa shape index (κ2) is 24.5. The third-order valence-electron chi connectivity index (χ3n) is 15.0. The fourth-order valence-electron chi connectivity index (χ4n) is 10.5. The quantitative estimate of drug-likeness (QED) is 0.118. The highest BCUT2D eigenvalue weighted by Gasteiger charge is 2.39. The lowest BCUT2D eigenvalue weighted by Crippen LogP contribution is -2.34. The number of hydrogen-bond acceptors (Lipinski definition) is 11. The van der Waals surface area contributed by atoms with Crippen molar-refractivity contribution >= 4 is 58.0 Å². The van der Waals surface area contributed by atoms with Crippen molar-refractivity contribution < 1.29 is 23.9 Å². The van der Waals surface area contributed by atoms with E-state index in [1.165, 1.54) is 87.6 Å². The van der Waals surface area contributed by atoms with E-state index in [4.69, 9.17) is 19.4 Å². The van der Waals surface area contributed by atoms with Crippen molar-refractivity contribution in [3.05, 3.63) is 79.4 Å². The van der Waals surface area contributed by atoms with Crippen molar-refractivity contribution in [3.8, 4) is 22.5 Å². The molecule has 2 fully saturated rings. The number of ether oxygens (including phenoxy) is 2. The summed E-state index contributed by atoms with van der Waals surface area (Å²) >= 11 is 3.67. The maximum Gasteiger partial charge on any atom is 0.408 e. The molecule has 1 amide bonds. The zero-order valence-electron chi connectivity index (χ0n) is 46.3. The number of carbonyl (C=O) groups is 3. The number of halogens is 1. The van der Waals surface area contributed by atoms with Crippen LogP contribution >= 0.6 is 39.7 Å². The number of aromatic nitrogens is 2. The number of nitrogens with zero attached hydrogens (tertiary/aromatic N) is 3. The minimum Gasteiger partial charge on any atom is -0.460 e. The van der Waals surface area contributed by atoms with E-state index in [1.807, 2.05) is 43.4 Å². The molecule has 398 valence electrons. The van der Waals surface area contributed by atoms with Crippen LogP contribution in [0.5, 0.6) is 0 Å². The highest BCUT2D eigenvalue weighted by molar-refractivity contribution is 8.93. The van der Waals surface area contributed by atoms with Crippen LogP contribution in [-0.4, -0.2) is 83.7 Å². The summed E-state index contributed by atoms with van der Waals surface area (Å²) < 4.78 is 10.3. The van der Waals surface area contributed by atoms with Gasteiger partial charge in [-0.1, -0.05) is 79.7 Å². The molecule has 2 saturated heterocycles. The van der Waals surface area contributed by atoms with Crippen molar-refractivity contribution in [2.75, 3.05) is 39.3 Å². The second-order valence-corrected chi connectivity index (χ2v) is 26.9. The molecular formula is C59H88BrN5O5S2. The summed E-state index contributed by atoms with van der Waals surface area (Å²) in [4.78, 5) is 45.1. The van der Waals surface area contributed by atoms with E-state index >= 15 is 0 Å². The van der Waals surface area contributed by atoms with Gasteiger partial charge in [-0.15, -0.1) is 39.7 Å². The van der Waals surface area contributed by atoms with Gasteiger partial charge in [0.2, 0.25) is 0 Å². The SMILES string of the molecule is Br.CC(C)(C)OC(=O)CCCN1CCC(c2nc(-c3ccc4c(c3)C(C)(C)CCC4(C)C)cs2)CC1.CC(C)(C)OC(=O)NCC=O.CC1(C)CCC(C)(C)c2cc(-c3csc(C4CCNCC4)n3)ccc21. The molecule has 0 atom stereocenters. The summed E-state index contributed by atoms with van der Waals surface area (Å²) in [6, 6.07) is 14.2. The standard InChI is InChI=1S/C30H44N2O2S.C22H30N2S.C7H13NO3.BrH/c1-28(2,3)34-26(33)9-8-16-32-17-12-21(13-18-32)27-31-25(20-35-27)22-10-11-23-24(19-22)30(6,7)15-14-29(23,4)5;1-21(2)9-10-22(3,4)18-13-16(5-6-17(18)21)19-14-25-20(24-19)15-7-11-23-12-8-15;1-7(2,3)11-6(10)8-4-5-9;/h10-11,19-21H,8-9,12-18H2,1-7H3;5-6,13-15,23H,7-12H2,1-4H3;5H,4H2,1-3H3,(H,8,10);1H. The zero-order valence-corrected chi connectivity index (χ0v) is 49.6. The Kier molecular flexibility index (Phi) is 20.2. The van der Waals surface area contributed by atoms with Gasteiger partial charge < -0.3 is 29.8 Å². The molecule has 0 unspecified atom stereocenters. The number of thiazole rings is 2. The van der Waals surface area contributed by atoms with Gasteiger partial charge in [0.1, 0.15) is 17.5 Å². The predicted octanol–water partition coefficient (Wildman–Crippen LogP) is 14.4. The molecular weight excluding hydrogens is 1000 g/mol. The molecule has 4 aromatic rings. The van der Waals surface area contributed by atoms with Crippen LogP contribution in [0, 0.1) is 0 Å². The summed E-state index contributed by atoms with van der Waals surface area (Å²) in [5.41, 5.74) is 11.0. The van der Waals surface area contributed by atoms with E-state index < -0.39 is 17.3 Å². The predicted molar refractivity (Wildman–Crippen MR) is 305 cm³/mol. The van der Waals surface area contributed by atoms with Crippen LogP contribution in [0.1, 0.15) is 205 Å². The number of esters is 1. The number of rotatable bonds is 10. The van der Waals surface area contributed by atoms with Gasteiger partial charge in [-0.2, -0.15) is 0 Å². The number of benzene rings is 2. The lowest BCUT2D eigenvalue weighted by Gasteiger charge is -2.42. The number of likely N-dealkylation sites (tertiary alicyclic amines) is 1. The van der Waals surface area contributed by atoms with Crippen molar-refractivity contribution in [3.63, 3.8) is 0 Å². The summed E-state index contributed by atoms with van der Waals surface area (Å²) in [7, 11) is 0. The lowest BCUT2D eigenvalue weighted by molar-refractivity contribution is -0.155. The molecule has 4 aliphatic rings. The van der Waals surface area contributed by atoms with E-state index in [1.54, 1.807) is 20.8 Å². The van der Waals surface area contributed by atoms with Crippen molar-refractivity contribution in [1.29, 1.82) is 0 Å². The first kappa shape index (κ1) is 59.4. The molecule has 0 bridgehead atoms. The zero-order chi connectivity index (χ0) is 52.0. The molecule has 0 spiro atoms. The Morgan fingerprint density at radius 2 is 1.11 bits per heavy atom. The first-order valence-electron chi connectivity index (χ1n) is 26.4. The summed E-state index contributed by atoms with van der Waals surface area (Å²) in [6.07, 6.45) is 11.1. The van der Waals surface area contributed by atoms with E-state index in [0.717, 1.165) is 57.7 Å². The largest absolute Gasteiger partial charge is 0.460 e. The van der Waals surface area contributed by atoms with Crippen LogP contribution in [0.15, 0.2) is 47.2 Å². The maximum absolute atomic E-state index is 12.0. The third kappa shape index (κ3) is 16.3. The van der Waals surface area contributed by atoms with E-state index in [-0.39, 0.29) is 51.2 Å². The van der Waals surface area contributed by atoms with Gasteiger partial charge in [0.15, 0.2) is 0 Å². The third-order valence-corrected chi connectivity index (χ3v) is 17.0. The van der Waals surface area contributed by atoms with Crippen LogP contribution in [0.3, 0.4) is 0 Å². The minimum atomic E-state index is -0.565. The molecule has 2 aliphatic carbocycles. The molecule has 2 aromatic carbocycles. The molecule has 4 heterocycles. The highest BCUT2D eigenvalue weighted by Crippen LogP contribution is 2.48. The van der Waals surface area contributed by atoms with Gasteiger partial charge in [-0.05, 0) is 188 Å². The molecule has 10 nitrogen and oxygen atoms in total. The van der Waals surface area contributed by atoms with E-state index in [2.05, 4.69) is 118 Å². The van der Waals surface area contributed by atoms with Crippen LogP contribution in [0.2, 0.25) is 0 Å². The summed E-state index contributed by atoms with van der Waals surface area (Å²) in [5.74, 6) is 1.11. The van der Waals surface area contributed by atoms with Crippen LogP contribution in [-0.2, 0) is 40.7 Å². The number of alkyl carbamates (subject to hydrolysis) is 1. The summed E-state index contributed by atoms with van der Waals surface area (Å²) in [6.45, 7) is 35.5. The number of fused-ring (bicyclic) bond motifs is 2. The Hall–Kier alpha value is -3.49. The maximum atomic E-state index is 12.0. The van der Waals surface area contributed by atoms with Gasteiger partial charge in [-0.3, -0.25) is 4.79 Å². The molecule has 13 heteroatoms. The Morgan fingerprint density at radius 3 is 1.54 bits per heavy atom. The van der Waals surface area contributed by atoms with E-state index in [9.17, 15) is 14.4 Å². The number of nitrogens with one attached hydrogen (secondary N) is 2. The van der Waals surface area contributed by atoms with Gasteiger partial charge in [0.05, 0.1) is 27.9 Å². The fraction of sp³-hybridized carbons (Fsp3) is 0.644. The fourth-order valence-corrected chi connectivity index (χ4v) is 12.5. The Bertz CT molecular complexity index is 2430. The molecule has 2 N–H and O–H groups in total. The molecule has 2 aromatic heterocycles. The number of aldehydes is 1. The number of carbonyl (C=O) groups excluding carboxylic acids is 3. The topological polar surface area (TPSA) is 123 Å². The molecule has 0 radical (unpaired) electrons. The molecule has 2 aliphatic heterocycles. The number of piperidine rings is 2. The normalized spacial score (nSPS) is 19.4. The Balaban J connectivity index is 0.000000226. The van der Waals surface area contributed by atoms with Crippen LogP contribution in [0.25, 0.3) is 22.5 Å². The molecule has 8 rings (SSSR count). The first-order valence-corrected chi connectivity index (χ1v) is 28.2. The average Bonchev–Trinajstić information content (AvgIpc) is 4.01. The Labute approximate surface area is 451 Å². The van der Waals surface area contributed by atoms with Crippen LogP contribution in [0.4, 0.5) is 4.79 Å². The van der Waals surface area contributed by atoms with Gasteiger partial charge in [0, 0.05) is 40.1 Å². The molecule has 72 heavy (non-hydrogen) atoms. The average molecular weight is 1090 g/mol. The van der Waals surface area contributed by atoms with Crippen LogP contribution < -0.4 is 10.6 Å². The van der Waals surface area contributed by atoms with Gasteiger partial charge in [0.25, 0.3) is 0 Å². The highest BCUT2D eigenvalue weighted by atomic mass is 79.9. The minimum absolute atomic E-state index is 0. The molecule has 0 saturated carbocycles. The van der Waals surface area contributed by atoms with Crippen molar-refractivity contribution in [2.24, 2.45) is 0 Å². The van der Waals surface area contributed by atoms with Crippen molar-refractivity contribution in [1.82, 2.24) is 25.5 Å². The second-order valence-electron chi connectivity index (χ2n) is 25.1. The Morgan fingerprint density at radius 1 is 0.681 bits per heavy atom. The summed E-state index contributed by atoms with van der Waals surface area (Å²) in [5, 5.41) is 12.8. The monoisotopic (exact) mass is 1090 g/mol. The lowest BCUT2D eigenvalue weighted by atomic mass is 9.63. The first-order chi connectivity index (χ1) is 33.2. The number of amides is 1. The smallest absolute Gasteiger partial charge is 0.408 e. The van der Waals surface area contributed by atoms with Gasteiger partial charge >= 0.3 is 12.1 Å². The number of hydrogen-bond donors (Lipinski definition) is 2.